The van der Waals surface area contributed by atoms with Crippen molar-refractivity contribution >= 4 is 17.5 Å². The lowest BCUT2D eigenvalue weighted by Crippen LogP contribution is -2.33. The lowest BCUT2D eigenvalue weighted by atomic mass is 9.99. The molecule has 0 aliphatic carbocycles. The van der Waals surface area contributed by atoms with Gasteiger partial charge in [0.1, 0.15) is 5.75 Å². The largest absolute Gasteiger partial charge is 0.484 e. The van der Waals surface area contributed by atoms with E-state index in [0.717, 1.165) is 11.1 Å². The van der Waals surface area contributed by atoms with E-state index in [4.69, 9.17) is 25.8 Å². The number of ether oxygens (including phenoxy) is 3. The van der Waals surface area contributed by atoms with Gasteiger partial charge < -0.3 is 19.5 Å². The Labute approximate surface area is 167 Å². The van der Waals surface area contributed by atoms with E-state index in [1.807, 2.05) is 54.6 Å². The second kappa shape index (κ2) is 8.23. The quantitative estimate of drug-likeness (QED) is 0.674. The van der Waals surface area contributed by atoms with E-state index < -0.39 is 0 Å². The van der Waals surface area contributed by atoms with Crippen molar-refractivity contribution in [3.63, 3.8) is 0 Å². The summed E-state index contributed by atoms with van der Waals surface area (Å²) in [5.74, 6) is 1.59. The van der Waals surface area contributed by atoms with Crippen LogP contribution in [0.2, 0.25) is 5.02 Å². The minimum Gasteiger partial charge on any atom is -0.484 e. The molecule has 3 aromatic carbocycles. The zero-order valence-electron chi connectivity index (χ0n) is 14.9. The van der Waals surface area contributed by atoms with Gasteiger partial charge in [0.25, 0.3) is 5.91 Å². The van der Waals surface area contributed by atoms with Crippen LogP contribution in [0.5, 0.6) is 17.2 Å². The predicted octanol–water partition coefficient (Wildman–Crippen LogP) is 4.35. The Bertz CT molecular complexity index is 960. The first-order valence-corrected chi connectivity index (χ1v) is 9.19. The maximum absolute atomic E-state index is 12.6. The van der Waals surface area contributed by atoms with Crippen molar-refractivity contribution in [3.05, 3.63) is 88.9 Å². The zero-order valence-corrected chi connectivity index (χ0v) is 15.7. The van der Waals surface area contributed by atoms with Crippen molar-refractivity contribution < 1.29 is 19.0 Å². The highest BCUT2D eigenvalue weighted by Crippen LogP contribution is 2.35. The highest BCUT2D eigenvalue weighted by atomic mass is 35.5. The van der Waals surface area contributed by atoms with Gasteiger partial charge in [0.15, 0.2) is 18.1 Å². The fraction of sp³-hybridized carbons (Fsp3) is 0.136. The molecule has 0 saturated carbocycles. The van der Waals surface area contributed by atoms with Crippen LogP contribution in [-0.2, 0) is 4.79 Å². The molecule has 1 aliphatic heterocycles. The van der Waals surface area contributed by atoms with Crippen LogP contribution in [0, 0.1) is 0 Å². The number of fused-ring (bicyclic) bond motifs is 1. The summed E-state index contributed by atoms with van der Waals surface area (Å²) in [6, 6.07) is 22.1. The molecule has 3 aromatic rings. The minimum atomic E-state index is -0.300. The number of carbonyl (C=O) groups excluding carboxylic acids is 1. The Morgan fingerprint density at radius 3 is 2.46 bits per heavy atom. The summed E-state index contributed by atoms with van der Waals surface area (Å²) in [7, 11) is 0. The van der Waals surface area contributed by atoms with E-state index in [1.54, 1.807) is 18.2 Å². The maximum Gasteiger partial charge on any atom is 0.258 e. The molecule has 0 saturated heterocycles. The van der Waals surface area contributed by atoms with E-state index >= 15 is 0 Å². The van der Waals surface area contributed by atoms with Crippen LogP contribution in [0.1, 0.15) is 17.2 Å². The molecule has 5 nitrogen and oxygen atoms in total. The van der Waals surface area contributed by atoms with Crippen LogP contribution >= 0.6 is 11.6 Å². The molecule has 0 bridgehead atoms. The molecule has 1 N–H and O–H groups in total. The third-order valence-electron chi connectivity index (χ3n) is 4.36. The van der Waals surface area contributed by atoms with E-state index in [9.17, 15) is 4.79 Å². The predicted molar refractivity (Wildman–Crippen MR) is 106 cm³/mol. The Morgan fingerprint density at radius 1 is 0.964 bits per heavy atom. The Hall–Kier alpha value is -3.18. The van der Waals surface area contributed by atoms with E-state index in [0.29, 0.717) is 22.3 Å². The Balaban J connectivity index is 1.45. The molecule has 1 unspecified atom stereocenters. The first-order valence-electron chi connectivity index (χ1n) is 8.81. The summed E-state index contributed by atoms with van der Waals surface area (Å²) in [6.07, 6.45) is 0. The molecule has 6 heteroatoms. The van der Waals surface area contributed by atoms with Crippen molar-refractivity contribution in [3.8, 4) is 17.2 Å². The number of hydrogen-bond donors (Lipinski definition) is 1. The third-order valence-corrected chi connectivity index (χ3v) is 4.61. The van der Waals surface area contributed by atoms with Crippen molar-refractivity contribution in [1.29, 1.82) is 0 Å². The number of benzene rings is 3. The number of halogens is 1. The second-order valence-electron chi connectivity index (χ2n) is 6.27. The molecule has 4 rings (SSSR count). The van der Waals surface area contributed by atoms with E-state index in [-0.39, 0.29) is 25.3 Å². The number of carbonyl (C=O) groups is 1. The summed E-state index contributed by atoms with van der Waals surface area (Å²) in [5, 5.41) is 3.67. The summed E-state index contributed by atoms with van der Waals surface area (Å²) < 4.78 is 16.2. The monoisotopic (exact) mass is 395 g/mol. The average molecular weight is 396 g/mol. The highest BCUT2D eigenvalue weighted by molar-refractivity contribution is 6.30. The van der Waals surface area contributed by atoms with Crippen LogP contribution in [0.15, 0.2) is 72.8 Å². The summed E-state index contributed by atoms with van der Waals surface area (Å²) in [6.45, 7) is 0.0791. The fourth-order valence-electron chi connectivity index (χ4n) is 2.98. The van der Waals surface area contributed by atoms with E-state index in [1.165, 1.54) is 0 Å². The fourth-order valence-corrected chi connectivity index (χ4v) is 3.10. The SMILES string of the molecule is O=C(COc1ccc2c(c1)OCO2)NC(c1ccccc1)c1ccc(Cl)cc1. The van der Waals surface area contributed by atoms with Gasteiger partial charge in [-0.25, -0.2) is 0 Å². The standard InChI is InChI=1S/C22H18ClNO4/c23-17-8-6-16(7-9-17)22(15-4-2-1-3-5-15)24-21(25)13-26-18-10-11-19-20(12-18)28-14-27-19/h1-12,22H,13-14H2,(H,24,25). The van der Waals surface area contributed by atoms with Gasteiger partial charge in [-0.2, -0.15) is 0 Å². The van der Waals surface area contributed by atoms with Crippen LogP contribution in [0.4, 0.5) is 0 Å². The highest BCUT2D eigenvalue weighted by Gasteiger charge is 2.18. The molecule has 0 fully saturated rings. The van der Waals surface area contributed by atoms with Gasteiger partial charge in [-0.3, -0.25) is 4.79 Å². The topological polar surface area (TPSA) is 56.8 Å². The molecule has 0 spiro atoms. The molecule has 1 atom stereocenters. The van der Waals surface area contributed by atoms with Crippen molar-refractivity contribution in [2.24, 2.45) is 0 Å². The third kappa shape index (κ3) is 4.21. The van der Waals surface area contributed by atoms with Gasteiger partial charge in [-0.05, 0) is 35.4 Å². The number of amides is 1. The number of nitrogens with one attached hydrogen (secondary N) is 1. The van der Waals surface area contributed by atoms with Crippen molar-refractivity contribution in [2.45, 2.75) is 6.04 Å². The molecule has 0 radical (unpaired) electrons. The van der Waals surface area contributed by atoms with Crippen molar-refractivity contribution in [2.75, 3.05) is 13.4 Å². The molecule has 28 heavy (non-hydrogen) atoms. The second-order valence-corrected chi connectivity index (χ2v) is 6.70. The maximum atomic E-state index is 12.6. The van der Waals surface area contributed by atoms with Crippen LogP contribution in [0.25, 0.3) is 0 Å². The first kappa shape index (κ1) is 18.2. The van der Waals surface area contributed by atoms with Gasteiger partial charge in [0.05, 0.1) is 6.04 Å². The van der Waals surface area contributed by atoms with Gasteiger partial charge >= 0.3 is 0 Å². The number of rotatable bonds is 6. The molecule has 1 amide bonds. The van der Waals surface area contributed by atoms with Crippen LogP contribution in [0.3, 0.4) is 0 Å². The molecule has 142 valence electrons. The average Bonchev–Trinajstić information content (AvgIpc) is 3.20. The van der Waals surface area contributed by atoms with Gasteiger partial charge in [-0.1, -0.05) is 54.1 Å². The molecule has 1 aliphatic rings. The Morgan fingerprint density at radius 2 is 1.68 bits per heavy atom. The van der Waals surface area contributed by atoms with Gasteiger partial charge in [-0.15, -0.1) is 0 Å². The van der Waals surface area contributed by atoms with Gasteiger partial charge in [0, 0.05) is 11.1 Å². The van der Waals surface area contributed by atoms with Crippen LogP contribution in [-0.4, -0.2) is 19.3 Å². The lowest BCUT2D eigenvalue weighted by Gasteiger charge is -2.20. The summed E-state index contributed by atoms with van der Waals surface area (Å²) in [4.78, 5) is 12.6. The normalized spacial score (nSPS) is 13.0. The van der Waals surface area contributed by atoms with E-state index in [2.05, 4.69) is 5.32 Å². The van der Waals surface area contributed by atoms with Crippen LogP contribution < -0.4 is 19.5 Å². The molecular weight excluding hydrogens is 378 g/mol. The molecule has 0 aromatic heterocycles. The van der Waals surface area contributed by atoms with Crippen molar-refractivity contribution in [1.82, 2.24) is 5.32 Å². The molecule has 1 heterocycles. The minimum absolute atomic E-state index is 0.115. The smallest absolute Gasteiger partial charge is 0.258 e. The Kier molecular flexibility index (Phi) is 5.35. The summed E-state index contributed by atoms with van der Waals surface area (Å²) in [5.41, 5.74) is 1.91. The van der Waals surface area contributed by atoms with Gasteiger partial charge in [0.2, 0.25) is 6.79 Å². The zero-order chi connectivity index (χ0) is 19.3. The number of hydrogen-bond acceptors (Lipinski definition) is 4. The molecular formula is C22H18ClNO4. The summed E-state index contributed by atoms with van der Waals surface area (Å²) >= 11 is 6.00. The lowest BCUT2D eigenvalue weighted by molar-refractivity contribution is -0.123. The first-order chi connectivity index (χ1) is 13.7.